The fourth-order valence-electron chi connectivity index (χ4n) is 2.66. The number of amides is 1. The largest absolute Gasteiger partial charge is 0.352 e. The van der Waals surface area contributed by atoms with Gasteiger partial charge in [0.05, 0.1) is 6.04 Å². The van der Waals surface area contributed by atoms with E-state index in [-0.39, 0.29) is 11.9 Å². The summed E-state index contributed by atoms with van der Waals surface area (Å²) in [4.78, 5) is 14.5. The van der Waals surface area contributed by atoms with E-state index < -0.39 is 6.04 Å². The van der Waals surface area contributed by atoms with Crippen LogP contribution in [0.25, 0.3) is 0 Å². The van der Waals surface area contributed by atoms with Crippen LogP contribution in [0.4, 0.5) is 0 Å². The van der Waals surface area contributed by atoms with Crippen molar-refractivity contribution < 1.29 is 4.79 Å². The molecule has 4 heteroatoms. The predicted molar refractivity (Wildman–Crippen MR) is 81.4 cm³/mol. The first-order chi connectivity index (χ1) is 9.69. The van der Waals surface area contributed by atoms with Crippen molar-refractivity contribution in [2.24, 2.45) is 5.73 Å². The molecule has 110 valence electrons. The summed E-state index contributed by atoms with van der Waals surface area (Å²) in [7, 11) is 0. The number of hydrogen-bond acceptors (Lipinski definition) is 3. The van der Waals surface area contributed by atoms with E-state index in [1.54, 1.807) is 0 Å². The predicted octanol–water partition coefficient (Wildman–Crippen LogP) is 1.16. The summed E-state index contributed by atoms with van der Waals surface area (Å²) in [5.74, 6) is -0.0243. The maximum absolute atomic E-state index is 12.1. The molecule has 0 bridgehead atoms. The smallest absolute Gasteiger partial charge is 0.237 e. The van der Waals surface area contributed by atoms with Gasteiger partial charge in [-0.3, -0.25) is 4.79 Å². The average Bonchev–Trinajstić information content (AvgIpc) is 2.49. The third-order valence-electron chi connectivity index (χ3n) is 4.02. The van der Waals surface area contributed by atoms with E-state index in [4.69, 9.17) is 5.73 Å². The quantitative estimate of drug-likeness (QED) is 0.848. The van der Waals surface area contributed by atoms with Gasteiger partial charge in [0.2, 0.25) is 5.91 Å². The Morgan fingerprint density at radius 2 is 2.00 bits per heavy atom. The SMILES string of the molecule is CCN1CCC(NC(=O)C(N)Cc2ccccc2)CC1. The van der Waals surface area contributed by atoms with E-state index in [1.165, 1.54) is 0 Å². The van der Waals surface area contributed by atoms with Gasteiger partial charge < -0.3 is 16.0 Å². The average molecular weight is 275 g/mol. The number of rotatable bonds is 5. The molecule has 0 radical (unpaired) electrons. The number of carbonyl (C=O) groups excluding carboxylic acids is 1. The molecule has 1 fully saturated rings. The third-order valence-corrected chi connectivity index (χ3v) is 4.02. The van der Waals surface area contributed by atoms with Gasteiger partial charge >= 0.3 is 0 Å². The zero-order chi connectivity index (χ0) is 14.4. The minimum atomic E-state index is -0.457. The maximum Gasteiger partial charge on any atom is 0.237 e. The van der Waals surface area contributed by atoms with E-state index in [0.717, 1.165) is 38.0 Å². The number of nitrogens with two attached hydrogens (primary N) is 1. The van der Waals surface area contributed by atoms with Crippen LogP contribution in [0.1, 0.15) is 25.3 Å². The van der Waals surface area contributed by atoms with Crippen molar-refractivity contribution in [2.45, 2.75) is 38.3 Å². The van der Waals surface area contributed by atoms with Crippen LogP contribution in [-0.2, 0) is 11.2 Å². The summed E-state index contributed by atoms with van der Waals surface area (Å²) in [5, 5.41) is 3.09. The van der Waals surface area contributed by atoms with E-state index in [9.17, 15) is 4.79 Å². The van der Waals surface area contributed by atoms with Crippen molar-refractivity contribution in [1.29, 1.82) is 0 Å². The van der Waals surface area contributed by atoms with Gasteiger partial charge in [0.1, 0.15) is 0 Å². The molecule has 1 amide bonds. The van der Waals surface area contributed by atoms with Crippen LogP contribution >= 0.6 is 0 Å². The van der Waals surface area contributed by atoms with Crippen LogP contribution in [-0.4, -0.2) is 42.5 Å². The monoisotopic (exact) mass is 275 g/mol. The number of piperidine rings is 1. The highest BCUT2D eigenvalue weighted by molar-refractivity contribution is 5.82. The number of nitrogens with one attached hydrogen (secondary N) is 1. The number of carbonyl (C=O) groups is 1. The van der Waals surface area contributed by atoms with Crippen molar-refractivity contribution >= 4 is 5.91 Å². The molecular weight excluding hydrogens is 250 g/mol. The first kappa shape index (κ1) is 15.0. The van der Waals surface area contributed by atoms with Gasteiger partial charge in [0.25, 0.3) is 0 Å². The molecule has 1 atom stereocenters. The summed E-state index contributed by atoms with van der Waals surface area (Å²) < 4.78 is 0. The van der Waals surface area contributed by atoms with E-state index in [2.05, 4.69) is 17.1 Å². The van der Waals surface area contributed by atoms with Crippen LogP contribution in [0.15, 0.2) is 30.3 Å². The molecule has 20 heavy (non-hydrogen) atoms. The summed E-state index contributed by atoms with van der Waals surface area (Å²) in [6, 6.07) is 9.76. The highest BCUT2D eigenvalue weighted by atomic mass is 16.2. The molecule has 3 N–H and O–H groups in total. The Hall–Kier alpha value is -1.39. The molecule has 0 spiro atoms. The van der Waals surface area contributed by atoms with Crippen LogP contribution in [0, 0.1) is 0 Å². The minimum absolute atomic E-state index is 0.0243. The number of likely N-dealkylation sites (tertiary alicyclic amines) is 1. The number of nitrogens with zero attached hydrogens (tertiary/aromatic N) is 1. The summed E-state index contributed by atoms with van der Waals surface area (Å²) >= 11 is 0. The molecule has 1 aromatic carbocycles. The second kappa shape index (κ2) is 7.41. The van der Waals surface area contributed by atoms with Crippen LogP contribution < -0.4 is 11.1 Å². The van der Waals surface area contributed by atoms with Crippen molar-refractivity contribution in [1.82, 2.24) is 10.2 Å². The second-order valence-corrected chi connectivity index (χ2v) is 5.51. The summed E-state index contributed by atoms with van der Waals surface area (Å²) in [6.45, 7) is 5.40. The first-order valence-electron chi connectivity index (χ1n) is 7.51. The summed E-state index contributed by atoms with van der Waals surface area (Å²) in [5.41, 5.74) is 7.10. The van der Waals surface area contributed by atoms with Crippen LogP contribution in [0.5, 0.6) is 0 Å². The lowest BCUT2D eigenvalue weighted by atomic mass is 10.0. The Morgan fingerprint density at radius 3 is 2.60 bits per heavy atom. The van der Waals surface area contributed by atoms with Gasteiger partial charge in [0, 0.05) is 19.1 Å². The Labute approximate surface area is 121 Å². The van der Waals surface area contributed by atoms with E-state index in [1.807, 2.05) is 30.3 Å². The molecule has 0 aromatic heterocycles. The molecule has 0 aliphatic carbocycles. The van der Waals surface area contributed by atoms with Crippen molar-refractivity contribution in [3.8, 4) is 0 Å². The van der Waals surface area contributed by atoms with Gasteiger partial charge in [0.15, 0.2) is 0 Å². The Kier molecular flexibility index (Phi) is 5.56. The minimum Gasteiger partial charge on any atom is -0.352 e. The molecule has 4 nitrogen and oxygen atoms in total. The van der Waals surface area contributed by atoms with E-state index in [0.29, 0.717) is 6.42 Å². The van der Waals surface area contributed by atoms with Crippen molar-refractivity contribution in [3.05, 3.63) is 35.9 Å². The summed E-state index contributed by atoms with van der Waals surface area (Å²) in [6.07, 6.45) is 2.65. The van der Waals surface area contributed by atoms with Crippen molar-refractivity contribution in [3.63, 3.8) is 0 Å². The van der Waals surface area contributed by atoms with Gasteiger partial charge in [-0.05, 0) is 31.4 Å². The van der Waals surface area contributed by atoms with E-state index >= 15 is 0 Å². The maximum atomic E-state index is 12.1. The van der Waals surface area contributed by atoms with Crippen LogP contribution in [0.3, 0.4) is 0 Å². The zero-order valence-electron chi connectivity index (χ0n) is 12.2. The van der Waals surface area contributed by atoms with Gasteiger partial charge in [-0.1, -0.05) is 37.3 Å². The molecule has 1 heterocycles. The molecule has 1 aromatic rings. The highest BCUT2D eigenvalue weighted by Gasteiger charge is 2.22. The Balaban J connectivity index is 1.77. The normalized spacial score (nSPS) is 18.7. The molecule has 2 rings (SSSR count). The lowest BCUT2D eigenvalue weighted by Gasteiger charge is -2.32. The Bertz CT molecular complexity index is 413. The first-order valence-corrected chi connectivity index (χ1v) is 7.51. The van der Waals surface area contributed by atoms with Crippen molar-refractivity contribution in [2.75, 3.05) is 19.6 Å². The molecule has 1 aliphatic rings. The topological polar surface area (TPSA) is 58.4 Å². The fourth-order valence-corrected chi connectivity index (χ4v) is 2.66. The molecule has 1 aliphatic heterocycles. The number of benzene rings is 1. The second-order valence-electron chi connectivity index (χ2n) is 5.51. The lowest BCUT2D eigenvalue weighted by molar-refractivity contribution is -0.123. The Morgan fingerprint density at radius 1 is 1.35 bits per heavy atom. The molecule has 0 saturated carbocycles. The number of hydrogen-bond donors (Lipinski definition) is 2. The van der Waals surface area contributed by atoms with Gasteiger partial charge in [-0.25, -0.2) is 0 Å². The standard InChI is InChI=1S/C16H25N3O/c1-2-19-10-8-14(9-11-19)18-16(20)15(17)12-13-6-4-3-5-7-13/h3-7,14-15H,2,8-12,17H2,1H3,(H,18,20). The van der Waals surface area contributed by atoms with Crippen LogP contribution in [0.2, 0.25) is 0 Å². The third kappa shape index (κ3) is 4.32. The zero-order valence-corrected chi connectivity index (χ0v) is 12.2. The lowest BCUT2D eigenvalue weighted by Crippen LogP contribution is -2.50. The fraction of sp³-hybridized carbons (Fsp3) is 0.562. The molecular formula is C16H25N3O. The van der Waals surface area contributed by atoms with Gasteiger partial charge in [-0.2, -0.15) is 0 Å². The highest BCUT2D eigenvalue weighted by Crippen LogP contribution is 2.10. The van der Waals surface area contributed by atoms with Gasteiger partial charge in [-0.15, -0.1) is 0 Å². The molecule has 1 saturated heterocycles. The molecule has 1 unspecified atom stereocenters.